The van der Waals surface area contributed by atoms with Gasteiger partial charge >= 0.3 is 5.97 Å². The molecule has 0 N–H and O–H groups in total. The molecule has 1 amide bonds. The van der Waals surface area contributed by atoms with Crippen LogP contribution in [-0.4, -0.2) is 35.6 Å². The van der Waals surface area contributed by atoms with Crippen LogP contribution in [0, 0.1) is 0 Å². The van der Waals surface area contributed by atoms with Gasteiger partial charge in [0.2, 0.25) is 0 Å². The minimum atomic E-state index is -0.412. The first-order valence-electron chi connectivity index (χ1n) is 8.36. The second-order valence-electron chi connectivity index (χ2n) is 5.76. The Hall–Kier alpha value is -2.28. The lowest BCUT2D eigenvalue weighted by molar-refractivity contribution is -0.122. The number of likely N-dealkylation sites (N-methyl/N-ethyl adjacent to an activating group) is 1. The van der Waals surface area contributed by atoms with Crippen LogP contribution >= 0.6 is 35.0 Å². The molecule has 3 rings (SSSR count). The molecule has 2 aromatic rings. The highest BCUT2D eigenvalue weighted by atomic mass is 35.5. The number of aliphatic imine (C=N–C) groups is 1. The first kappa shape index (κ1) is 20.5. The normalized spacial score (nSPS) is 16.9. The maximum atomic E-state index is 12.7. The van der Waals surface area contributed by atoms with E-state index in [1.165, 1.54) is 18.9 Å². The van der Waals surface area contributed by atoms with E-state index < -0.39 is 5.97 Å². The Morgan fingerprint density at radius 1 is 1.21 bits per heavy atom. The predicted octanol–water partition coefficient (Wildman–Crippen LogP) is 5.40. The van der Waals surface area contributed by atoms with E-state index in [-0.39, 0.29) is 5.91 Å². The largest absolute Gasteiger partial charge is 0.465 e. The molecule has 8 heteroatoms. The van der Waals surface area contributed by atoms with Crippen LogP contribution in [0.5, 0.6) is 0 Å². The van der Waals surface area contributed by atoms with Crippen molar-refractivity contribution in [1.29, 1.82) is 0 Å². The van der Waals surface area contributed by atoms with Gasteiger partial charge in [-0.2, -0.15) is 0 Å². The summed E-state index contributed by atoms with van der Waals surface area (Å²) in [5.41, 5.74) is 1.78. The van der Waals surface area contributed by atoms with Gasteiger partial charge in [0.25, 0.3) is 5.91 Å². The molecule has 28 heavy (non-hydrogen) atoms. The summed E-state index contributed by atoms with van der Waals surface area (Å²) in [6.45, 7) is 2.36. The highest BCUT2D eigenvalue weighted by Crippen LogP contribution is 2.35. The van der Waals surface area contributed by atoms with Crippen molar-refractivity contribution in [3.63, 3.8) is 0 Å². The quantitative estimate of drug-likeness (QED) is 0.477. The fourth-order valence-corrected chi connectivity index (χ4v) is 4.05. The molecule has 1 aliphatic heterocycles. The lowest BCUT2D eigenvalue weighted by atomic mass is 10.2. The molecule has 144 valence electrons. The molecule has 0 radical (unpaired) electrons. The summed E-state index contributed by atoms with van der Waals surface area (Å²) in [5.74, 6) is -0.548. The Balaban J connectivity index is 1.90. The van der Waals surface area contributed by atoms with Gasteiger partial charge in [-0.1, -0.05) is 29.3 Å². The van der Waals surface area contributed by atoms with Gasteiger partial charge in [0.05, 0.1) is 23.3 Å². The number of hydrogen-bond donors (Lipinski definition) is 0. The van der Waals surface area contributed by atoms with E-state index in [1.54, 1.807) is 53.4 Å². The van der Waals surface area contributed by atoms with Crippen LogP contribution < -0.4 is 0 Å². The van der Waals surface area contributed by atoms with Gasteiger partial charge in [-0.25, -0.2) is 9.79 Å². The molecule has 1 heterocycles. The maximum absolute atomic E-state index is 12.7. The van der Waals surface area contributed by atoms with E-state index in [1.807, 2.05) is 6.92 Å². The minimum absolute atomic E-state index is 0.136. The van der Waals surface area contributed by atoms with E-state index in [9.17, 15) is 9.59 Å². The number of amidine groups is 1. The smallest absolute Gasteiger partial charge is 0.337 e. The summed E-state index contributed by atoms with van der Waals surface area (Å²) in [5, 5.41) is 1.57. The summed E-state index contributed by atoms with van der Waals surface area (Å²) < 4.78 is 4.69. The number of nitrogens with zero attached hydrogens (tertiary/aromatic N) is 2. The fourth-order valence-electron chi connectivity index (χ4n) is 2.53. The molecule has 5 nitrogen and oxygen atoms in total. The second-order valence-corrected chi connectivity index (χ2v) is 7.61. The Morgan fingerprint density at radius 2 is 1.93 bits per heavy atom. The van der Waals surface area contributed by atoms with Gasteiger partial charge in [0, 0.05) is 16.6 Å². The van der Waals surface area contributed by atoms with Crippen LogP contribution in [0.25, 0.3) is 6.08 Å². The van der Waals surface area contributed by atoms with Crippen molar-refractivity contribution in [2.24, 2.45) is 4.99 Å². The minimum Gasteiger partial charge on any atom is -0.465 e. The number of hydrogen-bond acceptors (Lipinski definition) is 5. The molecule has 0 atom stereocenters. The lowest BCUT2D eigenvalue weighted by Gasteiger charge is -2.12. The molecular weight excluding hydrogens is 419 g/mol. The number of methoxy groups -OCH3 is 1. The maximum Gasteiger partial charge on any atom is 0.337 e. The Kier molecular flexibility index (Phi) is 6.44. The highest BCUT2D eigenvalue weighted by molar-refractivity contribution is 8.18. The number of rotatable bonds is 4. The molecule has 0 aliphatic carbocycles. The van der Waals surface area contributed by atoms with Gasteiger partial charge in [-0.3, -0.25) is 9.69 Å². The Morgan fingerprint density at radius 3 is 2.54 bits per heavy atom. The third-order valence-electron chi connectivity index (χ3n) is 3.97. The molecule has 1 saturated heterocycles. The van der Waals surface area contributed by atoms with E-state index in [4.69, 9.17) is 23.2 Å². The van der Waals surface area contributed by atoms with Crippen LogP contribution in [0.4, 0.5) is 5.69 Å². The lowest BCUT2D eigenvalue weighted by Crippen LogP contribution is -2.28. The highest BCUT2D eigenvalue weighted by Gasteiger charge is 2.32. The molecule has 0 aromatic heterocycles. The van der Waals surface area contributed by atoms with Crippen molar-refractivity contribution in [2.45, 2.75) is 6.92 Å². The van der Waals surface area contributed by atoms with Crippen LogP contribution in [0.15, 0.2) is 52.4 Å². The van der Waals surface area contributed by atoms with Gasteiger partial charge in [0.15, 0.2) is 5.17 Å². The van der Waals surface area contributed by atoms with E-state index in [0.717, 1.165) is 0 Å². The zero-order valence-corrected chi connectivity index (χ0v) is 17.4. The molecular formula is C20H16Cl2N2O3S. The van der Waals surface area contributed by atoms with Crippen LogP contribution in [0.3, 0.4) is 0 Å². The monoisotopic (exact) mass is 434 g/mol. The van der Waals surface area contributed by atoms with Crippen LogP contribution in [-0.2, 0) is 9.53 Å². The standard InChI is InChI=1S/C20H16Cl2N2O3S/c1-3-24-18(25)17(10-13-4-7-14(21)11-16(13)22)28-20(24)23-15-8-5-12(6-9-15)19(26)27-2/h4-11H,3H2,1-2H3. The van der Waals surface area contributed by atoms with Gasteiger partial charge < -0.3 is 4.74 Å². The van der Waals surface area contributed by atoms with Crippen molar-refractivity contribution in [2.75, 3.05) is 13.7 Å². The average Bonchev–Trinajstić information content (AvgIpc) is 2.98. The zero-order chi connectivity index (χ0) is 20.3. The molecule has 2 aromatic carbocycles. The average molecular weight is 435 g/mol. The first-order valence-corrected chi connectivity index (χ1v) is 9.93. The summed E-state index contributed by atoms with van der Waals surface area (Å²) in [7, 11) is 1.33. The number of thioether (sulfide) groups is 1. The predicted molar refractivity (Wildman–Crippen MR) is 114 cm³/mol. The third-order valence-corrected chi connectivity index (χ3v) is 5.54. The number of benzene rings is 2. The number of esters is 1. The summed E-state index contributed by atoms with van der Waals surface area (Å²) in [4.78, 5) is 30.9. The topological polar surface area (TPSA) is 59.0 Å². The third kappa shape index (κ3) is 4.41. The number of carbonyl (C=O) groups excluding carboxylic acids is 2. The molecule has 1 fully saturated rings. The summed E-state index contributed by atoms with van der Waals surface area (Å²) in [6, 6.07) is 11.8. The molecule has 0 saturated carbocycles. The number of ether oxygens (including phenoxy) is 1. The van der Waals surface area contributed by atoms with E-state index >= 15 is 0 Å². The first-order chi connectivity index (χ1) is 13.4. The Labute approximate surface area is 177 Å². The van der Waals surface area contributed by atoms with Crippen LogP contribution in [0.1, 0.15) is 22.8 Å². The molecule has 0 spiro atoms. The van der Waals surface area contributed by atoms with Crippen molar-refractivity contribution in [1.82, 2.24) is 4.90 Å². The SMILES string of the molecule is CCN1C(=O)C(=Cc2ccc(Cl)cc2Cl)SC1=Nc1ccc(C(=O)OC)cc1. The van der Waals surface area contributed by atoms with Crippen LogP contribution in [0.2, 0.25) is 10.0 Å². The van der Waals surface area contributed by atoms with Crippen molar-refractivity contribution in [3.05, 3.63) is 68.5 Å². The van der Waals surface area contributed by atoms with E-state index in [2.05, 4.69) is 9.73 Å². The number of halogens is 2. The number of amides is 1. The summed E-state index contributed by atoms with van der Waals surface area (Å²) in [6.07, 6.45) is 1.73. The second kappa shape index (κ2) is 8.82. The number of carbonyl (C=O) groups is 2. The van der Waals surface area contributed by atoms with Gasteiger partial charge in [-0.05, 0) is 66.7 Å². The fraction of sp³-hybridized carbons (Fsp3) is 0.150. The van der Waals surface area contributed by atoms with Gasteiger partial charge in [0.1, 0.15) is 0 Å². The van der Waals surface area contributed by atoms with Crippen molar-refractivity contribution >= 4 is 63.8 Å². The molecule has 0 unspecified atom stereocenters. The zero-order valence-electron chi connectivity index (χ0n) is 15.1. The van der Waals surface area contributed by atoms with Crippen molar-refractivity contribution in [3.8, 4) is 0 Å². The van der Waals surface area contributed by atoms with Crippen molar-refractivity contribution < 1.29 is 14.3 Å². The molecule has 0 bridgehead atoms. The summed E-state index contributed by atoms with van der Waals surface area (Å²) >= 11 is 13.4. The van der Waals surface area contributed by atoms with Gasteiger partial charge in [-0.15, -0.1) is 0 Å². The Bertz CT molecular complexity index is 987. The molecule has 1 aliphatic rings. The van der Waals surface area contributed by atoms with E-state index in [0.29, 0.717) is 43.5 Å².